The van der Waals surface area contributed by atoms with Crippen LogP contribution in [0.2, 0.25) is 0 Å². The van der Waals surface area contributed by atoms with Crippen molar-refractivity contribution in [1.29, 1.82) is 0 Å². The van der Waals surface area contributed by atoms with Crippen molar-refractivity contribution in [1.82, 2.24) is 9.97 Å². The van der Waals surface area contributed by atoms with E-state index in [1.54, 1.807) is 11.3 Å². The molecule has 1 aromatic carbocycles. The van der Waals surface area contributed by atoms with Crippen molar-refractivity contribution in [3.05, 3.63) is 41.5 Å². The highest BCUT2D eigenvalue weighted by molar-refractivity contribution is 7.16. The van der Waals surface area contributed by atoms with Crippen molar-refractivity contribution >= 4 is 21.6 Å². The highest BCUT2D eigenvalue weighted by atomic mass is 32.1. The first-order chi connectivity index (χ1) is 10.3. The molecule has 0 aliphatic carbocycles. The van der Waals surface area contributed by atoms with Crippen molar-refractivity contribution in [2.45, 2.75) is 13.5 Å². The van der Waals surface area contributed by atoms with E-state index in [9.17, 15) is 0 Å². The van der Waals surface area contributed by atoms with Crippen LogP contribution < -0.4 is 15.2 Å². The van der Waals surface area contributed by atoms with E-state index in [0.717, 1.165) is 15.8 Å². The van der Waals surface area contributed by atoms with Gasteiger partial charge in [0.15, 0.2) is 11.5 Å². The predicted molar refractivity (Wildman–Crippen MR) is 83.0 cm³/mol. The molecule has 0 bridgehead atoms. The summed E-state index contributed by atoms with van der Waals surface area (Å²) in [4.78, 5) is 9.32. The first kappa shape index (κ1) is 13.8. The number of nitrogens with zero attached hydrogens (tertiary/aromatic N) is 2. The monoisotopic (exact) mass is 301 g/mol. The van der Waals surface area contributed by atoms with Crippen molar-refractivity contribution in [3.63, 3.8) is 0 Å². The molecule has 0 radical (unpaired) electrons. The molecule has 0 saturated carbocycles. The van der Waals surface area contributed by atoms with Crippen LogP contribution in [-0.4, -0.2) is 16.6 Å². The molecule has 21 heavy (non-hydrogen) atoms. The second-order valence-corrected chi connectivity index (χ2v) is 5.23. The Labute approximate surface area is 126 Å². The van der Waals surface area contributed by atoms with Crippen molar-refractivity contribution in [3.8, 4) is 17.4 Å². The summed E-state index contributed by atoms with van der Waals surface area (Å²) in [5, 5.41) is 2.86. The van der Waals surface area contributed by atoms with Gasteiger partial charge in [-0.15, -0.1) is 11.3 Å². The SMILES string of the molecule is CCOc1cc(CN)ccc1Oc1ncnc2sccc12. The average molecular weight is 301 g/mol. The molecule has 0 unspecified atom stereocenters. The fraction of sp³-hybridized carbons (Fsp3) is 0.200. The van der Waals surface area contributed by atoms with Crippen LogP contribution in [0.1, 0.15) is 12.5 Å². The third-order valence-corrected chi connectivity index (χ3v) is 3.80. The summed E-state index contributed by atoms with van der Waals surface area (Å²) in [6.07, 6.45) is 1.50. The summed E-state index contributed by atoms with van der Waals surface area (Å²) in [6.45, 7) is 2.95. The topological polar surface area (TPSA) is 70.3 Å². The van der Waals surface area contributed by atoms with Crippen LogP contribution in [0, 0.1) is 0 Å². The quantitative estimate of drug-likeness (QED) is 0.782. The van der Waals surface area contributed by atoms with Crippen LogP contribution in [0.5, 0.6) is 17.4 Å². The number of hydrogen-bond donors (Lipinski definition) is 1. The molecule has 6 heteroatoms. The molecule has 5 nitrogen and oxygen atoms in total. The Hall–Kier alpha value is -2.18. The number of benzene rings is 1. The zero-order valence-electron chi connectivity index (χ0n) is 11.6. The Balaban J connectivity index is 1.99. The maximum Gasteiger partial charge on any atom is 0.231 e. The Bertz CT molecular complexity index is 758. The largest absolute Gasteiger partial charge is 0.490 e. The standard InChI is InChI=1S/C15H15N3O2S/c1-2-19-13-7-10(8-16)3-4-12(13)20-14-11-5-6-21-15(11)18-9-17-14/h3-7,9H,2,8,16H2,1H3. The highest BCUT2D eigenvalue weighted by Gasteiger charge is 2.11. The van der Waals surface area contributed by atoms with Crippen LogP contribution in [-0.2, 0) is 6.54 Å². The minimum atomic E-state index is 0.461. The molecule has 2 N–H and O–H groups in total. The van der Waals surface area contributed by atoms with Crippen LogP contribution in [0.15, 0.2) is 36.0 Å². The van der Waals surface area contributed by atoms with Crippen molar-refractivity contribution in [2.24, 2.45) is 5.73 Å². The molecule has 0 fully saturated rings. The van der Waals surface area contributed by atoms with Gasteiger partial charge in [0, 0.05) is 6.54 Å². The smallest absolute Gasteiger partial charge is 0.231 e. The summed E-state index contributed by atoms with van der Waals surface area (Å²) in [6, 6.07) is 7.62. The van der Waals surface area contributed by atoms with Gasteiger partial charge in [0.25, 0.3) is 0 Å². The molecule has 0 aliphatic heterocycles. The third-order valence-electron chi connectivity index (χ3n) is 2.98. The van der Waals surface area contributed by atoms with Gasteiger partial charge in [-0.25, -0.2) is 9.97 Å². The number of hydrogen-bond acceptors (Lipinski definition) is 6. The summed E-state index contributed by atoms with van der Waals surface area (Å²) in [5.41, 5.74) is 6.66. The first-order valence-corrected chi connectivity index (χ1v) is 7.51. The molecule has 0 saturated heterocycles. The Kier molecular flexibility index (Phi) is 3.98. The molecule has 2 aromatic heterocycles. The van der Waals surface area contributed by atoms with Gasteiger partial charge in [0.05, 0.1) is 12.0 Å². The second-order valence-electron chi connectivity index (χ2n) is 4.34. The number of aromatic nitrogens is 2. The highest BCUT2D eigenvalue weighted by Crippen LogP contribution is 2.35. The Morgan fingerprint density at radius 2 is 2.10 bits per heavy atom. The summed E-state index contributed by atoms with van der Waals surface area (Å²) < 4.78 is 11.5. The van der Waals surface area contributed by atoms with E-state index in [2.05, 4.69) is 9.97 Å². The molecule has 0 atom stereocenters. The molecule has 0 aliphatic rings. The van der Waals surface area contributed by atoms with E-state index >= 15 is 0 Å². The van der Waals surface area contributed by atoms with Gasteiger partial charge in [0.2, 0.25) is 5.88 Å². The lowest BCUT2D eigenvalue weighted by Gasteiger charge is -2.12. The van der Waals surface area contributed by atoms with Gasteiger partial charge < -0.3 is 15.2 Å². The van der Waals surface area contributed by atoms with Crippen LogP contribution in [0.25, 0.3) is 10.2 Å². The van der Waals surface area contributed by atoms with Gasteiger partial charge in [0.1, 0.15) is 11.2 Å². The van der Waals surface area contributed by atoms with Crippen LogP contribution in [0.3, 0.4) is 0 Å². The maximum absolute atomic E-state index is 5.92. The lowest BCUT2D eigenvalue weighted by atomic mass is 10.2. The summed E-state index contributed by atoms with van der Waals surface area (Å²) in [7, 11) is 0. The second kappa shape index (κ2) is 6.07. The Morgan fingerprint density at radius 1 is 1.19 bits per heavy atom. The van der Waals surface area contributed by atoms with E-state index < -0.39 is 0 Å². The third kappa shape index (κ3) is 2.81. The molecule has 108 valence electrons. The van der Waals surface area contributed by atoms with E-state index in [1.165, 1.54) is 6.33 Å². The van der Waals surface area contributed by atoms with E-state index in [0.29, 0.717) is 30.5 Å². The minimum Gasteiger partial charge on any atom is -0.490 e. The number of nitrogens with two attached hydrogens (primary N) is 1. The summed E-state index contributed by atoms with van der Waals surface area (Å²) >= 11 is 1.55. The van der Waals surface area contributed by atoms with Crippen LogP contribution in [0.4, 0.5) is 0 Å². The lowest BCUT2D eigenvalue weighted by Crippen LogP contribution is -2.00. The number of fused-ring (bicyclic) bond motifs is 1. The maximum atomic E-state index is 5.92. The van der Waals surface area contributed by atoms with Gasteiger partial charge >= 0.3 is 0 Å². The fourth-order valence-electron chi connectivity index (χ4n) is 1.98. The van der Waals surface area contributed by atoms with Crippen molar-refractivity contribution < 1.29 is 9.47 Å². The first-order valence-electron chi connectivity index (χ1n) is 6.63. The normalized spacial score (nSPS) is 10.8. The van der Waals surface area contributed by atoms with E-state index in [-0.39, 0.29) is 0 Å². The zero-order valence-corrected chi connectivity index (χ0v) is 12.4. The number of rotatable bonds is 5. The molecular formula is C15H15N3O2S. The molecule has 3 aromatic rings. The molecule has 2 heterocycles. The van der Waals surface area contributed by atoms with Gasteiger partial charge in [-0.2, -0.15) is 0 Å². The van der Waals surface area contributed by atoms with Gasteiger partial charge in [-0.05, 0) is 36.1 Å². The Morgan fingerprint density at radius 3 is 2.90 bits per heavy atom. The van der Waals surface area contributed by atoms with Gasteiger partial charge in [-0.1, -0.05) is 6.07 Å². The zero-order chi connectivity index (χ0) is 14.7. The minimum absolute atomic E-state index is 0.461. The molecule has 0 amide bonds. The van der Waals surface area contributed by atoms with Crippen molar-refractivity contribution in [2.75, 3.05) is 6.61 Å². The van der Waals surface area contributed by atoms with E-state index in [4.69, 9.17) is 15.2 Å². The van der Waals surface area contributed by atoms with Crippen LogP contribution >= 0.6 is 11.3 Å². The molecule has 3 rings (SSSR count). The number of thiophene rings is 1. The average Bonchev–Trinajstić information content (AvgIpc) is 2.99. The molecule has 0 spiro atoms. The predicted octanol–water partition coefficient (Wildman–Crippen LogP) is 3.34. The molecular weight excluding hydrogens is 286 g/mol. The van der Waals surface area contributed by atoms with E-state index in [1.807, 2.05) is 36.6 Å². The van der Waals surface area contributed by atoms with Gasteiger partial charge in [-0.3, -0.25) is 0 Å². The summed E-state index contributed by atoms with van der Waals surface area (Å²) in [5.74, 6) is 1.82. The fourth-order valence-corrected chi connectivity index (χ4v) is 2.71. The lowest BCUT2D eigenvalue weighted by molar-refractivity contribution is 0.319. The number of ether oxygens (including phenoxy) is 2.